The first-order valence-electron chi connectivity index (χ1n) is 11.4. The molecule has 6 heteroatoms. The number of halogens is 1. The van der Waals surface area contributed by atoms with Crippen molar-refractivity contribution in [3.8, 4) is 11.1 Å². The molecular formula is C30H30BIO4. The Morgan fingerprint density at radius 3 is 1.28 bits per heavy atom. The van der Waals surface area contributed by atoms with Gasteiger partial charge in [-0.15, -0.1) is 0 Å². The van der Waals surface area contributed by atoms with Crippen LogP contribution in [0.4, 0.5) is 0 Å². The lowest BCUT2D eigenvalue weighted by molar-refractivity contribution is 0.100. The first-order valence-corrected chi connectivity index (χ1v) is 12.5. The normalized spacial score (nSPS) is 9.75. The van der Waals surface area contributed by atoms with Gasteiger partial charge in [-0.05, 0) is 79.0 Å². The van der Waals surface area contributed by atoms with E-state index in [1.807, 2.05) is 67.6 Å². The van der Waals surface area contributed by atoms with Gasteiger partial charge < -0.3 is 10.0 Å². The third-order valence-electron chi connectivity index (χ3n) is 5.30. The topological polar surface area (TPSA) is 74.6 Å². The van der Waals surface area contributed by atoms with Gasteiger partial charge in [-0.25, -0.2) is 0 Å². The maximum atomic E-state index is 11.1. The van der Waals surface area contributed by atoms with Gasteiger partial charge in [0.05, 0.1) is 0 Å². The molecule has 0 radical (unpaired) electrons. The number of hydrogen-bond donors (Lipinski definition) is 2. The van der Waals surface area contributed by atoms with E-state index >= 15 is 0 Å². The predicted molar refractivity (Wildman–Crippen MR) is 157 cm³/mol. The number of rotatable bonds is 4. The summed E-state index contributed by atoms with van der Waals surface area (Å²) < 4.78 is 1.16. The number of benzene rings is 4. The quantitative estimate of drug-likeness (QED) is 0.173. The zero-order valence-corrected chi connectivity index (χ0v) is 23.1. The Kier molecular flexibility index (Phi) is 11.7. The Balaban J connectivity index is 0.000000200. The molecule has 2 N–H and O–H groups in total. The minimum Gasteiger partial charge on any atom is -0.423 e. The van der Waals surface area contributed by atoms with Gasteiger partial charge >= 0.3 is 7.12 Å². The summed E-state index contributed by atoms with van der Waals surface area (Å²) in [6.07, 6.45) is 0. The van der Waals surface area contributed by atoms with Crippen LogP contribution in [0.3, 0.4) is 0 Å². The SMILES string of the molecule is CC(=O)c1ccc(-c2ccc(C)cc2)cc1.CC(=O)c1ccc(I)cc1.Cc1ccc(B(O)O)cc1. The Morgan fingerprint density at radius 2 is 0.917 bits per heavy atom. The highest BCUT2D eigenvalue weighted by Gasteiger charge is 2.08. The summed E-state index contributed by atoms with van der Waals surface area (Å²) in [6.45, 7) is 7.18. The summed E-state index contributed by atoms with van der Waals surface area (Å²) in [5.41, 5.74) is 6.76. The molecule has 4 aromatic carbocycles. The van der Waals surface area contributed by atoms with Crippen molar-refractivity contribution in [1.29, 1.82) is 0 Å². The fourth-order valence-corrected chi connectivity index (χ4v) is 3.43. The number of ketones is 2. The Bertz CT molecular complexity index is 1250. The lowest BCUT2D eigenvalue weighted by Gasteiger charge is -2.03. The monoisotopic (exact) mass is 592 g/mol. The van der Waals surface area contributed by atoms with Crippen molar-refractivity contribution in [3.63, 3.8) is 0 Å². The van der Waals surface area contributed by atoms with Gasteiger partial charge in [0, 0.05) is 14.7 Å². The molecule has 4 rings (SSSR count). The highest BCUT2D eigenvalue weighted by atomic mass is 127. The molecule has 4 aromatic rings. The van der Waals surface area contributed by atoms with E-state index in [9.17, 15) is 9.59 Å². The Labute approximate surface area is 227 Å². The molecular weight excluding hydrogens is 562 g/mol. The first-order chi connectivity index (χ1) is 17.1. The van der Waals surface area contributed by atoms with Gasteiger partial charge in [-0.1, -0.05) is 96.1 Å². The summed E-state index contributed by atoms with van der Waals surface area (Å²) >= 11 is 2.21. The molecule has 0 fully saturated rings. The van der Waals surface area contributed by atoms with Crippen LogP contribution < -0.4 is 5.46 Å². The van der Waals surface area contributed by atoms with Crippen molar-refractivity contribution in [3.05, 3.63) is 123 Å². The summed E-state index contributed by atoms with van der Waals surface area (Å²) in [5, 5.41) is 17.3. The summed E-state index contributed by atoms with van der Waals surface area (Å²) in [4.78, 5) is 21.9. The third kappa shape index (κ3) is 9.89. The first kappa shape index (κ1) is 29.2. The van der Waals surface area contributed by atoms with Crippen LogP contribution in [-0.2, 0) is 0 Å². The summed E-state index contributed by atoms with van der Waals surface area (Å²) in [7, 11) is -1.35. The minimum absolute atomic E-state index is 0.107. The fourth-order valence-electron chi connectivity index (χ4n) is 3.07. The number of carbonyl (C=O) groups is 2. The van der Waals surface area contributed by atoms with E-state index in [1.54, 1.807) is 26.0 Å². The molecule has 0 spiro atoms. The van der Waals surface area contributed by atoms with Crippen LogP contribution in [0.2, 0.25) is 0 Å². The molecule has 0 aliphatic rings. The molecule has 0 unspecified atom stereocenters. The highest BCUT2D eigenvalue weighted by molar-refractivity contribution is 14.1. The molecule has 4 nitrogen and oxygen atoms in total. The largest absolute Gasteiger partial charge is 0.488 e. The molecule has 0 saturated heterocycles. The average molecular weight is 592 g/mol. The van der Waals surface area contributed by atoms with Crippen molar-refractivity contribution < 1.29 is 19.6 Å². The lowest BCUT2D eigenvalue weighted by atomic mass is 9.80. The Hall–Kier alpha value is -3.07. The molecule has 0 aliphatic heterocycles. The van der Waals surface area contributed by atoms with Crippen LogP contribution in [0.5, 0.6) is 0 Å². The van der Waals surface area contributed by atoms with E-state index in [0.717, 1.165) is 25.8 Å². The minimum atomic E-state index is -1.35. The van der Waals surface area contributed by atoms with Gasteiger partial charge in [0.25, 0.3) is 0 Å². The molecule has 0 bridgehead atoms. The second-order valence-corrected chi connectivity index (χ2v) is 9.59. The van der Waals surface area contributed by atoms with E-state index in [-0.39, 0.29) is 11.6 Å². The van der Waals surface area contributed by atoms with Crippen molar-refractivity contribution in [2.45, 2.75) is 27.7 Å². The average Bonchev–Trinajstić information content (AvgIpc) is 2.86. The molecule has 0 saturated carbocycles. The van der Waals surface area contributed by atoms with E-state index in [0.29, 0.717) is 5.46 Å². The van der Waals surface area contributed by atoms with Crippen LogP contribution in [0.25, 0.3) is 11.1 Å². The molecule has 0 heterocycles. The smallest absolute Gasteiger partial charge is 0.423 e. The Morgan fingerprint density at radius 1 is 0.583 bits per heavy atom. The van der Waals surface area contributed by atoms with Gasteiger partial charge in [0.15, 0.2) is 11.6 Å². The van der Waals surface area contributed by atoms with Crippen molar-refractivity contribution in [2.24, 2.45) is 0 Å². The molecule has 0 atom stereocenters. The number of Topliss-reactive ketones (excluding diaryl/α,β-unsaturated/α-hetero) is 2. The van der Waals surface area contributed by atoms with Crippen LogP contribution in [0.1, 0.15) is 45.7 Å². The van der Waals surface area contributed by atoms with Crippen LogP contribution in [0.15, 0.2) is 97.1 Å². The fraction of sp³-hybridized carbons (Fsp3) is 0.133. The molecule has 36 heavy (non-hydrogen) atoms. The number of carbonyl (C=O) groups excluding carboxylic acids is 2. The summed E-state index contributed by atoms with van der Waals surface area (Å²) in [6, 6.07) is 30.7. The van der Waals surface area contributed by atoms with Crippen LogP contribution in [-0.4, -0.2) is 28.7 Å². The second kappa shape index (κ2) is 14.5. The van der Waals surface area contributed by atoms with Gasteiger partial charge in [0.1, 0.15) is 0 Å². The molecule has 0 aliphatic carbocycles. The van der Waals surface area contributed by atoms with E-state index in [4.69, 9.17) is 10.0 Å². The van der Waals surface area contributed by atoms with Crippen molar-refractivity contribution in [1.82, 2.24) is 0 Å². The van der Waals surface area contributed by atoms with Crippen molar-refractivity contribution >= 4 is 46.7 Å². The van der Waals surface area contributed by atoms with E-state index in [2.05, 4.69) is 53.8 Å². The second-order valence-electron chi connectivity index (χ2n) is 8.35. The highest BCUT2D eigenvalue weighted by Crippen LogP contribution is 2.20. The zero-order valence-electron chi connectivity index (χ0n) is 20.9. The van der Waals surface area contributed by atoms with E-state index < -0.39 is 7.12 Å². The predicted octanol–water partition coefficient (Wildman–Crippen LogP) is 6.03. The van der Waals surface area contributed by atoms with E-state index in [1.165, 1.54) is 11.1 Å². The van der Waals surface area contributed by atoms with Crippen LogP contribution >= 0.6 is 22.6 Å². The lowest BCUT2D eigenvalue weighted by Crippen LogP contribution is -2.29. The third-order valence-corrected chi connectivity index (χ3v) is 6.02. The van der Waals surface area contributed by atoms with Gasteiger partial charge in [-0.2, -0.15) is 0 Å². The summed E-state index contributed by atoms with van der Waals surface area (Å²) in [5.74, 6) is 0.229. The molecule has 0 aromatic heterocycles. The van der Waals surface area contributed by atoms with Gasteiger partial charge in [-0.3, -0.25) is 9.59 Å². The maximum Gasteiger partial charge on any atom is 0.488 e. The zero-order chi connectivity index (χ0) is 26.7. The maximum absolute atomic E-state index is 11.1. The number of aryl methyl sites for hydroxylation is 2. The molecule has 0 amide bonds. The molecule has 184 valence electrons. The van der Waals surface area contributed by atoms with Crippen LogP contribution in [0, 0.1) is 17.4 Å². The van der Waals surface area contributed by atoms with Gasteiger partial charge in [0.2, 0.25) is 0 Å². The number of hydrogen-bond acceptors (Lipinski definition) is 4. The standard InChI is InChI=1S/C15H14O.C8H7IO.C7H9BO2/c1-11-3-5-14(6-4-11)15-9-7-13(8-10-15)12(2)16;1-6(10)7-2-4-8(9)5-3-7;1-6-2-4-7(5-3-6)8(9)10/h3-10H,1-2H3;2-5H,1H3;2-5,9-10H,1H3. The van der Waals surface area contributed by atoms with Crippen molar-refractivity contribution in [2.75, 3.05) is 0 Å².